The molecule has 208 valence electrons. The van der Waals surface area contributed by atoms with Gasteiger partial charge < -0.3 is 16.0 Å². The van der Waals surface area contributed by atoms with Crippen LogP contribution in [0.15, 0.2) is 102 Å². The van der Waals surface area contributed by atoms with Crippen molar-refractivity contribution in [3.63, 3.8) is 0 Å². The Hall–Kier alpha value is -3.46. The van der Waals surface area contributed by atoms with E-state index < -0.39 is 11.8 Å². The lowest BCUT2D eigenvalue weighted by Gasteiger charge is -2.12. The summed E-state index contributed by atoms with van der Waals surface area (Å²) in [5.74, 6) is -1.10. The molecule has 41 heavy (non-hydrogen) atoms. The molecule has 0 spiro atoms. The van der Waals surface area contributed by atoms with Crippen LogP contribution in [0.2, 0.25) is 20.1 Å². The van der Waals surface area contributed by atoms with Crippen molar-refractivity contribution in [2.75, 3.05) is 16.4 Å². The number of hydrogen-bond acceptors (Lipinski definition) is 4. The van der Waals surface area contributed by atoms with Crippen LogP contribution in [0.1, 0.15) is 15.9 Å². The van der Waals surface area contributed by atoms with Gasteiger partial charge in [0, 0.05) is 31.2 Å². The van der Waals surface area contributed by atoms with Gasteiger partial charge in [0.15, 0.2) is 0 Å². The maximum absolute atomic E-state index is 13.2. The molecule has 11 heteroatoms. The highest BCUT2D eigenvalue weighted by molar-refractivity contribution is 8.00. The SMILES string of the molecule is O=C(CSc1ccc(NC(=O)/C(=C/c2ccc(Cl)cc2Cl)NC(=O)c2ccccc2)cc1)Nc1ccc(Cl)cc1Cl. The number of anilines is 2. The van der Waals surface area contributed by atoms with Gasteiger partial charge in [-0.25, -0.2) is 0 Å². The van der Waals surface area contributed by atoms with Crippen molar-refractivity contribution in [1.82, 2.24) is 5.32 Å². The van der Waals surface area contributed by atoms with Crippen LogP contribution in [0.25, 0.3) is 6.08 Å². The molecule has 6 nitrogen and oxygen atoms in total. The van der Waals surface area contributed by atoms with Gasteiger partial charge in [-0.05, 0) is 78.4 Å². The quantitative estimate of drug-likeness (QED) is 0.126. The van der Waals surface area contributed by atoms with Crippen LogP contribution in [-0.4, -0.2) is 23.5 Å². The minimum Gasteiger partial charge on any atom is -0.324 e. The molecule has 4 aromatic carbocycles. The third kappa shape index (κ3) is 9.01. The van der Waals surface area contributed by atoms with E-state index in [0.29, 0.717) is 42.6 Å². The zero-order chi connectivity index (χ0) is 29.4. The number of rotatable bonds is 9. The predicted octanol–water partition coefficient (Wildman–Crippen LogP) is 8.44. The Morgan fingerprint density at radius 1 is 0.732 bits per heavy atom. The fourth-order valence-electron chi connectivity index (χ4n) is 3.48. The average molecular weight is 645 g/mol. The normalized spacial score (nSPS) is 11.1. The average Bonchev–Trinajstić information content (AvgIpc) is 2.95. The number of nitrogens with one attached hydrogen (secondary N) is 3. The molecule has 0 aliphatic heterocycles. The molecule has 0 saturated heterocycles. The van der Waals surface area contributed by atoms with Gasteiger partial charge in [0.2, 0.25) is 5.91 Å². The van der Waals surface area contributed by atoms with Gasteiger partial charge in [-0.2, -0.15) is 0 Å². The summed E-state index contributed by atoms with van der Waals surface area (Å²) in [7, 11) is 0. The second-order valence-corrected chi connectivity index (χ2v) is 11.2. The van der Waals surface area contributed by atoms with E-state index in [-0.39, 0.29) is 17.4 Å². The summed E-state index contributed by atoms with van der Waals surface area (Å²) >= 11 is 25.6. The Kier molecular flexibility index (Phi) is 10.7. The van der Waals surface area contributed by atoms with Crippen LogP contribution in [0.3, 0.4) is 0 Å². The molecular formula is C30H21Cl4N3O3S. The van der Waals surface area contributed by atoms with Crippen molar-refractivity contribution in [3.05, 3.63) is 128 Å². The Morgan fingerprint density at radius 2 is 1.39 bits per heavy atom. The Labute approximate surface area is 261 Å². The first-order valence-corrected chi connectivity index (χ1v) is 14.5. The zero-order valence-corrected chi connectivity index (χ0v) is 24.9. The lowest BCUT2D eigenvalue weighted by atomic mass is 10.1. The summed E-state index contributed by atoms with van der Waals surface area (Å²) in [6.07, 6.45) is 1.48. The third-order valence-electron chi connectivity index (χ3n) is 5.48. The van der Waals surface area contributed by atoms with E-state index in [4.69, 9.17) is 46.4 Å². The highest BCUT2D eigenvalue weighted by Gasteiger charge is 2.16. The van der Waals surface area contributed by atoms with E-state index in [1.165, 1.54) is 17.8 Å². The topological polar surface area (TPSA) is 87.3 Å². The zero-order valence-electron chi connectivity index (χ0n) is 21.1. The van der Waals surface area contributed by atoms with Gasteiger partial charge in [-0.3, -0.25) is 14.4 Å². The summed E-state index contributed by atoms with van der Waals surface area (Å²) in [5, 5.41) is 9.78. The first-order chi connectivity index (χ1) is 19.7. The summed E-state index contributed by atoms with van der Waals surface area (Å²) < 4.78 is 0. The van der Waals surface area contributed by atoms with Crippen molar-refractivity contribution in [2.45, 2.75) is 4.90 Å². The van der Waals surface area contributed by atoms with Crippen molar-refractivity contribution in [1.29, 1.82) is 0 Å². The van der Waals surface area contributed by atoms with Gasteiger partial charge in [0.1, 0.15) is 5.70 Å². The van der Waals surface area contributed by atoms with E-state index in [0.717, 1.165) is 4.90 Å². The van der Waals surface area contributed by atoms with Gasteiger partial charge in [0.05, 0.1) is 16.5 Å². The number of carbonyl (C=O) groups excluding carboxylic acids is 3. The van der Waals surface area contributed by atoms with Crippen LogP contribution >= 0.6 is 58.2 Å². The number of carbonyl (C=O) groups is 3. The van der Waals surface area contributed by atoms with Crippen molar-refractivity contribution in [3.8, 4) is 0 Å². The molecule has 0 aromatic heterocycles. The van der Waals surface area contributed by atoms with Gasteiger partial charge >= 0.3 is 0 Å². The molecular weight excluding hydrogens is 624 g/mol. The molecule has 0 bridgehead atoms. The van der Waals surface area contributed by atoms with E-state index in [1.807, 2.05) is 0 Å². The molecule has 0 radical (unpaired) electrons. The lowest BCUT2D eigenvalue weighted by Crippen LogP contribution is -2.30. The van der Waals surface area contributed by atoms with Crippen LogP contribution in [0.4, 0.5) is 11.4 Å². The molecule has 0 aliphatic rings. The highest BCUT2D eigenvalue weighted by atomic mass is 35.5. The second-order valence-electron chi connectivity index (χ2n) is 8.48. The minimum absolute atomic E-state index is 0.0148. The highest BCUT2D eigenvalue weighted by Crippen LogP contribution is 2.27. The van der Waals surface area contributed by atoms with Crippen molar-refractivity contribution >= 4 is 93.3 Å². The largest absolute Gasteiger partial charge is 0.324 e. The smallest absolute Gasteiger partial charge is 0.272 e. The molecule has 0 aliphatic carbocycles. The fraction of sp³-hybridized carbons (Fsp3) is 0.0333. The molecule has 4 aromatic rings. The maximum atomic E-state index is 13.2. The molecule has 0 atom stereocenters. The minimum atomic E-state index is -0.556. The van der Waals surface area contributed by atoms with E-state index in [2.05, 4.69) is 16.0 Å². The Morgan fingerprint density at radius 3 is 2.05 bits per heavy atom. The summed E-state index contributed by atoms with van der Waals surface area (Å²) in [4.78, 5) is 39.2. The van der Waals surface area contributed by atoms with Crippen LogP contribution < -0.4 is 16.0 Å². The second kappa shape index (κ2) is 14.4. The van der Waals surface area contributed by atoms with E-state index in [1.54, 1.807) is 91.0 Å². The first kappa shape index (κ1) is 30.5. The Bertz CT molecular complexity index is 1610. The molecule has 0 heterocycles. The molecule has 3 N–H and O–H groups in total. The van der Waals surface area contributed by atoms with Crippen molar-refractivity contribution in [2.24, 2.45) is 0 Å². The van der Waals surface area contributed by atoms with E-state index >= 15 is 0 Å². The maximum Gasteiger partial charge on any atom is 0.272 e. The van der Waals surface area contributed by atoms with Crippen molar-refractivity contribution < 1.29 is 14.4 Å². The van der Waals surface area contributed by atoms with E-state index in [9.17, 15) is 14.4 Å². The number of hydrogen-bond donors (Lipinski definition) is 3. The number of benzene rings is 4. The predicted molar refractivity (Wildman–Crippen MR) is 169 cm³/mol. The number of thioether (sulfide) groups is 1. The summed E-state index contributed by atoms with van der Waals surface area (Å²) in [5.41, 5.74) is 1.83. The number of halogens is 4. The van der Waals surface area contributed by atoms with Crippen LogP contribution in [0, 0.1) is 0 Å². The third-order valence-corrected chi connectivity index (χ3v) is 7.60. The molecule has 0 fully saturated rings. The van der Waals surface area contributed by atoms with Crippen LogP contribution in [0.5, 0.6) is 0 Å². The monoisotopic (exact) mass is 643 g/mol. The first-order valence-electron chi connectivity index (χ1n) is 12.0. The standard InChI is InChI=1S/C30H21Cl4N3O3S/c31-20-7-6-19(24(33)15-20)14-27(37-29(39)18-4-2-1-3-5-18)30(40)35-22-9-11-23(12-10-22)41-17-28(38)36-26-13-8-21(32)16-25(26)34/h1-16H,17H2,(H,35,40)(H,36,38)(H,37,39)/b27-14-. The summed E-state index contributed by atoms with van der Waals surface area (Å²) in [6.45, 7) is 0. The van der Waals surface area contributed by atoms with Gasteiger partial charge in [0.25, 0.3) is 11.8 Å². The molecule has 3 amide bonds. The fourth-order valence-corrected chi connectivity index (χ4v) is 5.09. The van der Waals surface area contributed by atoms with Gasteiger partial charge in [-0.15, -0.1) is 11.8 Å². The molecule has 0 saturated carbocycles. The summed E-state index contributed by atoms with van der Waals surface area (Å²) in [6, 6.07) is 25.1. The lowest BCUT2D eigenvalue weighted by molar-refractivity contribution is -0.114. The Balaban J connectivity index is 1.42. The molecule has 4 rings (SSSR count). The van der Waals surface area contributed by atoms with Gasteiger partial charge in [-0.1, -0.05) is 70.7 Å². The number of amides is 3. The molecule has 0 unspecified atom stereocenters. The van der Waals surface area contributed by atoms with Crippen LogP contribution in [-0.2, 0) is 9.59 Å².